The molecule has 5 heteroatoms. The number of hydrogen-bond acceptors (Lipinski definition) is 4. The van der Waals surface area contributed by atoms with Crippen LogP contribution >= 0.6 is 0 Å². The third-order valence-electron chi connectivity index (χ3n) is 1.97. The van der Waals surface area contributed by atoms with Crippen molar-refractivity contribution in [3.05, 3.63) is 0 Å². The van der Waals surface area contributed by atoms with E-state index in [4.69, 9.17) is 9.84 Å². The van der Waals surface area contributed by atoms with Crippen LogP contribution in [0.3, 0.4) is 0 Å². The molecule has 0 heterocycles. The van der Waals surface area contributed by atoms with Crippen LogP contribution in [-0.2, 0) is 20.3 Å². The van der Waals surface area contributed by atoms with Gasteiger partial charge in [-0.3, -0.25) is 9.00 Å². The molecule has 0 aliphatic heterocycles. The molecule has 2 atom stereocenters. The maximum absolute atomic E-state index is 11.5. The first kappa shape index (κ1) is 14.6. The highest BCUT2D eigenvalue weighted by Crippen LogP contribution is 2.02. The van der Waals surface area contributed by atoms with E-state index in [0.29, 0.717) is 18.8 Å². The molecule has 4 nitrogen and oxygen atoms in total. The van der Waals surface area contributed by atoms with Crippen LogP contribution in [0, 0.1) is 0 Å². The number of aliphatic hydroxyl groups is 1. The fraction of sp³-hybridized carbons (Fsp3) is 0.900. The predicted octanol–water partition coefficient (Wildman–Crippen LogP) is 0.849. The van der Waals surface area contributed by atoms with Gasteiger partial charge in [-0.1, -0.05) is 13.3 Å². The summed E-state index contributed by atoms with van der Waals surface area (Å²) < 4.78 is 16.4. The van der Waals surface area contributed by atoms with Gasteiger partial charge in [0.2, 0.25) is 0 Å². The van der Waals surface area contributed by atoms with E-state index >= 15 is 0 Å². The highest BCUT2D eigenvalue weighted by Gasteiger charge is 2.20. The lowest BCUT2D eigenvalue weighted by Gasteiger charge is -2.10. The van der Waals surface area contributed by atoms with Gasteiger partial charge >= 0.3 is 5.97 Å². The molecule has 0 aliphatic carbocycles. The third-order valence-corrected chi connectivity index (χ3v) is 3.64. The van der Waals surface area contributed by atoms with Crippen LogP contribution in [0.15, 0.2) is 0 Å². The molecule has 0 spiro atoms. The molecule has 15 heavy (non-hydrogen) atoms. The lowest BCUT2D eigenvalue weighted by molar-refractivity contribution is -0.142. The molecular formula is C10H20O4S. The van der Waals surface area contributed by atoms with Crippen LogP contribution in [0.4, 0.5) is 0 Å². The summed E-state index contributed by atoms with van der Waals surface area (Å²) in [7, 11) is -1.23. The summed E-state index contributed by atoms with van der Waals surface area (Å²) in [4.78, 5) is 11.3. The van der Waals surface area contributed by atoms with Crippen molar-refractivity contribution in [2.75, 3.05) is 19.0 Å². The van der Waals surface area contributed by atoms with E-state index in [1.807, 2.05) is 6.92 Å². The maximum atomic E-state index is 11.5. The van der Waals surface area contributed by atoms with Crippen LogP contribution in [-0.4, -0.2) is 39.5 Å². The van der Waals surface area contributed by atoms with Gasteiger partial charge in [0.1, 0.15) is 5.25 Å². The minimum Gasteiger partial charge on any atom is -0.465 e. The van der Waals surface area contributed by atoms with E-state index in [0.717, 1.165) is 12.8 Å². The second-order valence-electron chi connectivity index (χ2n) is 3.33. The van der Waals surface area contributed by atoms with E-state index < -0.39 is 22.0 Å². The zero-order valence-corrected chi connectivity index (χ0v) is 10.2. The van der Waals surface area contributed by atoms with E-state index in [1.54, 1.807) is 6.92 Å². The fourth-order valence-corrected chi connectivity index (χ4v) is 1.98. The molecule has 0 amide bonds. The number of hydrogen-bond donors (Lipinski definition) is 1. The number of ether oxygens (including phenoxy) is 1. The van der Waals surface area contributed by atoms with Crippen molar-refractivity contribution in [2.24, 2.45) is 0 Å². The first-order chi connectivity index (χ1) is 7.13. The predicted molar refractivity (Wildman–Crippen MR) is 60.0 cm³/mol. The molecule has 0 aromatic carbocycles. The number of carbonyl (C=O) groups is 1. The summed E-state index contributed by atoms with van der Waals surface area (Å²) >= 11 is 0. The number of unbranched alkanes of at least 4 members (excludes halogenated alkanes) is 1. The minimum atomic E-state index is -1.23. The van der Waals surface area contributed by atoms with Crippen LogP contribution in [0.5, 0.6) is 0 Å². The van der Waals surface area contributed by atoms with Crippen molar-refractivity contribution >= 4 is 16.8 Å². The summed E-state index contributed by atoms with van der Waals surface area (Å²) in [6.07, 6.45) is 2.26. The highest BCUT2D eigenvalue weighted by molar-refractivity contribution is 7.86. The van der Waals surface area contributed by atoms with Gasteiger partial charge < -0.3 is 9.84 Å². The number of esters is 1. The summed E-state index contributed by atoms with van der Waals surface area (Å²) in [6, 6.07) is 0. The van der Waals surface area contributed by atoms with Gasteiger partial charge in [-0.05, 0) is 19.8 Å². The van der Waals surface area contributed by atoms with Gasteiger partial charge in [0.25, 0.3) is 0 Å². The Morgan fingerprint density at radius 3 is 2.67 bits per heavy atom. The van der Waals surface area contributed by atoms with Crippen molar-refractivity contribution < 1.29 is 18.8 Å². The Labute approximate surface area is 93.5 Å². The molecule has 0 bridgehead atoms. The Hall–Kier alpha value is -0.420. The monoisotopic (exact) mass is 236 g/mol. The van der Waals surface area contributed by atoms with E-state index in [1.165, 1.54) is 0 Å². The number of rotatable bonds is 8. The second kappa shape index (κ2) is 8.85. The molecule has 90 valence electrons. The quantitative estimate of drug-likeness (QED) is 0.501. The average molecular weight is 236 g/mol. The molecule has 0 fully saturated rings. The SMILES string of the molecule is CCCCOC(=O)C(C)S(=O)CCCO. The summed E-state index contributed by atoms with van der Waals surface area (Å²) in [5.41, 5.74) is 0. The Bertz CT molecular complexity index is 206. The highest BCUT2D eigenvalue weighted by atomic mass is 32.2. The lowest BCUT2D eigenvalue weighted by Crippen LogP contribution is -2.27. The summed E-state index contributed by atoms with van der Waals surface area (Å²) in [5, 5.41) is 7.97. The summed E-state index contributed by atoms with van der Waals surface area (Å²) in [6.45, 7) is 4.01. The topological polar surface area (TPSA) is 63.6 Å². The second-order valence-corrected chi connectivity index (χ2v) is 5.20. The van der Waals surface area contributed by atoms with E-state index in [9.17, 15) is 9.00 Å². The standard InChI is InChI=1S/C10H20O4S/c1-3-4-7-14-10(12)9(2)15(13)8-5-6-11/h9,11H,3-8H2,1-2H3. The van der Waals surface area contributed by atoms with Crippen molar-refractivity contribution in [1.29, 1.82) is 0 Å². The molecule has 1 N–H and O–H groups in total. The zero-order chi connectivity index (χ0) is 11.7. The van der Waals surface area contributed by atoms with Crippen molar-refractivity contribution in [3.63, 3.8) is 0 Å². The molecule has 0 saturated carbocycles. The molecule has 0 aromatic rings. The van der Waals surface area contributed by atoms with Crippen LogP contribution in [0.2, 0.25) is 0 Å². The number of carbonyl (C=O) groups excluding carboxylic acids is 1. The van der Waals surface area contributed by atoms with Gasteiger partial charge in [0.05, 0.1) is 6.61 Å². The fourth-order valence-electron chi connectivity index (χ4n) is 0.925. The van der Waals surface area contributed by atoms with Gasteiger partial charge in [-0.15, -0.1) is 0 Å². The Morgan fingerprint density at radius 2 is 2.13 bits per heavy atom. The molecule has 0 radical (unpaired) electrons. The van der Waals surface area contributed by atoms with Crippen LogP contribution in [0.1, 0.15) is 33.1 Å². The molecule has 2 unspecified atom stereocenters. The molecule has 0 rings (SSSR count). The van der Waals surface area contributed by atoms with E-state index in [2.05, 4.69) is 0 Å². The minimum absolute atomic E-state index is 0.00332. The van der Waals surface area contributed by atoms with Crippen LogP contribution < -0.4 is 0 Å². The Balaban J connectivity index is 3.80. The Kier molecular flexibility index (Phi) is 8.61. The third kappa shape index (κ3) is 6.62. The van der Waals surface area contributed by atoms with Gasteiger partial charge in [-0.2, -0.15) is 0 Å². The smallest absolute Gasteiger partial charge is 0.321 e. The van der Waals surface area contributed by atoms with Gasteiger partial charge in [0, 0.05) is 23.2 Å². The normalized spacial score (nSPS) is 14.6. The van der Waals surface area contributed by atoms with Gasteiger partial charge in [-0.25, -0.2) is 0 Å². The van der Waals surface area contributed by atoms with Crippen molar-refractivity contribution in [3.8, 4) is 0 Å². The van der Waals surface area contributed by atoms with Crippen molar-refractivity contribution in [1.82, 2.24) is 0 Å². The molecule has 0 aromatic heterocycles. The lowest BCUT2D eigenvalue weighted by atomic mass is 10.4. The molecular weight excluding hydrogens is 216 g/mol. The van der Waals surface area contributed by atoms with E-state index in [-0.39, 0.29) is 6.61 Å². The first-order valence-electron chi connectivity index (χ1n) is 5.28. The maximum Gasteiger partial charge on any atom is 0.321 e. The molecule has 0 aliphatic rings. The van der Waals surface area contributed by atoms with Gasteiger partial charge in [0.15, 0.2) is 0 Å². The largest absolute Gasteiger partial charge is 0.465 e. The zero-order valence-electron chi connectivity index (χ0n) is 9.40. The molecule has 0 saturated heterocycles. The Morgan fingerprint density at radius 1 is 1.47 bits per heavy atom. The summed E-state index contributed by atoms with van der Waals surface area (Å²) in [5.74, 6) is -0.0553. The number of aliphatic hydroxyl groups excluding tert-OH is 1. The van der Waals surface area contributed by atoms with Crippen molar-refractivity contribution in [2.45, 2.75) is 38.4 Å². The van der Waals surface area contributed by atoms with Crippen LogP contribution in [0.25, 0.3) is 0 Å². The average Bonchev–Trinajstić information content (AvgIpc) is 2.24. The first-order valence-corrected chi connectivity index (χ1v) is 6.66.